The van der Waals surface area contributed by atoms with E-state index < -0.39 is 0 Å². The normalized spacial score (nSPS) is 25.6. The third-order valence-electron chi connectivity index (χ3n) is 2.52. The van der Waals surface area contributed by atoms with Crippen LogP contribution in [0.1, 0.15) is 39.5 Å². The van der Waals surface area contributed by atoms with Gasteiger partial charge in [-0.2, -0.15) is 0 Å². The Labute approximate surface area is 89.9 Å². The van der Waals surface area contributed by atoms with Gasteiger partial charge in [-0.3, -0.25) is 9.59 Å². The quantitative estimate of drug-likeness (QED) is 0.513. The summed E-state index contributed by atoms with van der Waals surface area (Å²) in [5.41, 5.74) is 0. The summed E-state index contributed by atoms with van der Waals surface area (Å²) in [6, 6.07) is 0. The summed E-state index contributed by atoms with van der Waals surface area (Å²) in [4.78, 5) is 21.9. The minimum atomic E-state index is -0.278. The Morgan fingerprint density at radius 1 is 1.60 bits per heavy atom. The highest BCUT2D eigenvalue weighted by Crippen LogP contribution is 2.21. The minimum Gasteiger partial charge on any atom is -0.466 e. The van der Waals surface area contributed by atoms with E-state index in [1.165, 1.54) is 6.92 Å². The highest BCUT2D eigenvalue weighted by molar-refractivity contribution is 5.85. The van der Waals surface area contributed by atoms with E-state index in [1.807, 2.05) is 6.92 Å². The van der Waals surface area contributed by atoms with Gasteiger partial charge >= 0.3 is 5.97 Å². The van der Waals surface area contributed by atoms with Crippen LogP contribution < -0.4 is 0 Å². The molecule has 0 unspecified atom stereocenters. The predicted molar refractivity (Wildman–Crippen MR) is 54.4 cm³/mol. The fraction of sp³-hybridized carbons (Fsp3) is 0.818. The lowest BCUT2D eigenvalue weighted by molar-refractivity contribution is -0.141. The van der Waals surface area contributed by atoms with Crippen molar-refractivity contribution < 1.29 is 19.1 Å². The Morgan fingerprint density at radius 2 is 2.33 bits per heavy atom. The fourth-order valence-electron chi connectivity index (χ4n) is 1.67. The van der Waals surface area contributed by atoms with Crippen LogP contribution in [0.3, 0.4) is 0 Å². The van der Waals surface area contributed by atoms with Gasteiger partial charge in [0.1, 0.15) is 6.10 Å². The highest BCUT2D eigenvalue weighted by atomic mass is 16.5. The molecule has 15 heavy (non-hydrogen) atoms. The standard InChI is InChI=1S/C11H18O4/c1-3-9-7-10(13)11(15-9)5-4-6-14-8(2)12/h9,11H,3-7H2,1-2H3/t9-,11+/m1/s1. The molecule has 0 aromatic carbocycles. The number of esters is 1. The maximum absolute atomic E-state index is 11.4. The second-order valence-electron chi connectivity index (χ2n) is 3.81. The van der Waals surface area contributed by atoms with E-state index in [0.717, 1.165) is 6.42 Å². The number of hydrogen-bond donors (Lipinski definition) is 0. The van der Waals surface area contributed by atoms with Crippen molar-refractivity contribution in [2.75, 3.05) is 6.61 Å². The lowest BCUT2D eigenvalue weighted by Crippen LogP contribution is -2.16. The zero-order chi connectivity index (χ0) is 11.3. The Balaban J connectivity index is 2.16. The molecule has 0 N–H and O–H groups in total. The van der Waals surface area contributed by atoms with Crippen molar-refractivity contribution >= 4 is 11.8 Å². The van der Waals surface area contributed by atoms with E-state index >= 15 is 0 Å². The number of carbonyl (C=O) groups excluding carboxylic acids is 2. The van der Waals surface area contributed by atoms with E-state index in [4.69, 9.17) is 9.47 Å². The monoisotopic (exact) mass is 214 g/mol. The summed E-state index contributed by atoms with van der Waals surface area (Å²) in [5.74, 6) is -0.0928. The van der Waals surface area contributed by atoms with Crippen LogP contribution in [0.25, 0.3) is 0 Å². The summed E-state index contributed by atoms with van der Waals surface area (Å²) in [6.45, 7) is 3.77. The van der Waals surface area contributed by atoms with Crippen molar-refractivity contribution in [3.05, 3.63) is 0 Å². The summed E-state index contributed by atoms with van der Waals surface area (Å²) >= 11 is 0. The van der Waals surface area contributed by atoms with E-state index in [-0.39, 0.29) is 24.0 Å². The van der Waals surface area contributed by atoms with Crippen LogP contribution in [-0.4, -0.2) is 30.6 Å². The van der Waals surface area contributed by atoms with Crippen LogP contribution in [0.2, 0.25) is 0 Å². The molecule has 0 aliphatic carbocycles. The molecular weight excluding hydrogens is 196 g/mol. The first-order valence-electron chi connectivity index (χ1n) is 5.45. The van der Waals surface area contributed by atoms with Gasteiger partial charge in [-0.05, 0) is 19.3 Å². The molecule has 0 aromatic heterocycles. The number of hydrogen-bond acceptors (Lipinski definition) is 4. The van der Waals surface area contributed by atoms with Crippen LogP contribution in [0.4, 0.5) is 0 Å². The molecule has 1 fully saturated rings. The highest BCUT2D eigenvalue weighted by Gasteiger charge is 2.31. The van der Waals surface area contributed by atoms with Crippen LogP contribution in [-0.2, 0) is 19.1 Å². The average molecular weight is 214 g/mol. The topological polar surface area (TPSA) is 52.6 Å². The number of rotatable bonds is 5. The number of ether oxygens (including phenoxy) is 2. The molecular formula is C11H18O4. The lowest BCUT2D eigenvalue weighted by atomic mass is 10.1. The van der Waals surface area contributed by atoms with E-state index in [1.54, 1.807) is 0 Å². The summed E-state index contributed by atoms with van der Waals surface area (Å²) in [5, 5.41) is 0. The molecule has 1 aliphatic rings. The first-order chi connectivity index (χ1) is 7.13. The third-order valence-corrected chi connectivity index (χ3v) is 2.52. The molecule has 0 bridgehead atoms. The van der Waals surface area contributed by atoms with Crippen molar-refractivity contribution in [1.82, 2.24) is 0 Å². The predicted octanol–water partition coefficient (Wildman–Crippen LogP) is 1.47. The number of ketones is 1. The molecule has 1 rings (SSSR count). The summed E-state index contributed by atoms with van der Waals surface area (Å²) in [6.07, 6.45) is 2.58. The zero-order valence-electron chi connectivity index (χ0n) is 9.32. The van der Waals surface area contributed by atoms with Crippen LogP contribution in [0.15, 0.2) is 0 Å². The van der Waals surface area contributed by atoms with Gasteiger partial charge in [-0.1, -0.05) is 6.92 Å². The fourth-order valence-corrected chi connectivity index (χ4v) is 1.67. The van der Waals surface area contributed by atoms with Crippen LogP contribution >= 0.6 is 0 Å². The molecule has 0 radical (unpaired) electrons. The molecule has 1 heterocycles. The van der Waals surface area contributed by atoms with Crippen LogP contribution in [0.5, 0.6) is 0 Å². The number of carbonyl (C=O) groups is 2. The molecule has 2 atom stereocenters. The second-order valence-corrected chi connectivity index (χ2v) is 3.81. The van der Waals surface area contributed by atoms with Gasteiger partial charge in [0.2, 0.25) is 0 Å². The first kappa shape index (κ1) is 12.2. The smallest absolute Gasteiger partial charge is 0.302 e. The van der Waals surface area contributed by atoms with Crippen molar-refractivity contribution in [1.29, 1.82) is 0 Å². The maximum Gasteiger partial charge on any atom is 0.302 e. The average Bonchev–Trinajstić information content (AvgIpc) is 2.54. The van der Waals surface area contributed by atoms with Crippen molar-refractivity contribution in [3.63, 3.8) is 0 Å². The molecule has 1 aliphatic heterocycles. The maximum atomic E-state index is 11.4. The van der Waals surface area contributed by atoms with Crippen molar-refractivity contribution in [2.24, 2.45) is 0 Å². The van der Waals surface area contributed by atoms with Crippen LogP contribution in [0, 0.1) is 0 Å². The number of Topliss-reactive ketones (excluding diaryl/α,β-unsaturated/α-hetero) is 1. The lowest BCUT2D eigenvalue weighted by Gasteiger charge is -2.10. The summed E-state index contributed by atoms with van der Waals surface area (Å²) < 4.78 is 10.3. The SMILES string of the molecule is CC[C@@H]1CC(=O)[C@H](CCCOC(C)=O)O1. The van der Waals surface area contributed by atoms with Crippen molar-refractivity contribution in [3.8, 4) is 0 Å². The molecule has 86 valence electrons. The Kier molecular flexibility index (Phi) is 4.75. The van der Waals surface area contributed by atoms with Gasteiger partial charge in [-0.15, -0.1) is 0 Å². The largest absolute Gasteiger partial charge is 0.466 e. The van der Waals surface area contributed by atoms with Gasteiger partial charge < -0.3 is 9.47 Å². The van der Waals surface area contributed by atoms with E-state index in [2.05, 4.69) is 0 Å². The zero-order valence-corrected chi connectivity index (χ0v) is 9.32. The Bertz CT molecular complexity index is 237. The molecule has 0 amide bonds. The van der Waals surface area contributed by atoms with Gasteiger partial charge in [0.15, 0.2) is 5.78 Å². The molecule has 0 spiro atoms. The van der Waals surface area contributed by atoms with Gasteiger partial charge in [0.25, 0.3) is 0 Å². The third kappa shape index (κ3) is 4.00. The van der Waals surface area contributed by atoms with E-state index in [9.17, 15) is 9.59 Å². The Morgan fingerprint density at radius 3 is 2.87 bits per heavy atom. The molecule has 0 saturated carbocycles. The van der Waals surface area contributed by atoms with Gasteiger partial charge in [0.05, 0.1) is 12.7 Å². The summed E-state index contributed by atoms with van der Waals surface area (Å²) in [7, 11) is 0. The Hall–Kier alpha value is -0.900. The molecule has 4 heteroatoms. The molecule has 4 nitrogen and oxygen atoms in total. The van der Waals surface area contributed by atoms with Gasteiger partial charge in [0, 0.05) is 13.3 Å². The second kappa shape index (κ2) is 5.85. The molecule has 0 aromatic rings. The van der Waals surface area contributed by atoms with E-state index in [0.29, 0.717) is 25.9 Å². The minimum absolute atomic E-state index is 0.0937. The van der Waals surface area contributed by atoms with Crippen molar-refractivity contribution in [2.45, 2.75) is 51.7 Å². The van der Waals surface area contributed by atoms with Gasteiger partial charge in [-0.25, -0.2) is 0 Å². The molecule has 1 saturated heterocycles. The first-order valence-corrected chi connectivity index (χ1v) is 5.45.